The monoisotopic (exact) mass is 348 g/mol. The van der Waals surface area contributed by atoms with E-state index in [0.29, 0.717) is 28.9 Å². The minimum atomic E-state index is -0.181. The Hall–Kier alpha value is -1.85. The van der Waals surface area contributed by atoms with Gasteiger partial charge in [0, 0.05) is 33.6 Å². The zero-order valence-corrected chi connectivity index (χ0v) is 13.3. The smallest absolute Gasteiger partial charge is 0.255 e. The summed E-state index contributed by atoms with van der Waals surface area (Å²) in [6.45, 7) is 3.04. The lowest BCUT2D eigenvalue weighted by atomic mass is 10.1. The third-order valence-corrected chi connectivity index (χ3v) is 3.68. The van der Waals surface area contributed by atoms with Gasteiger partial charge in [0.05, 0.1) is 6.61 Å². The van der Waals surface area contributed by atoms with Gasteiger partial charge >= 0.3 is 0 Å². The van der Waals surface area contributed by atoms with Crippen molar-refractivity contribution in [2.24, 2.45) is 0 Å². The Bertz CT molecular complexity index is 644. The van der Waals surface area contributed by atoms with Crippen molar-refractivity contribution in [1.29, 1.82) is 0 Å². The van der Waals surface area contributed by atoms with Gasteiger partial charge in [-0.05, 0) is 47.1 Å². The zero-order valence-electron chi connectivity index (χ0n) is 11.7. The van der Waals surface area contributed by atoms with E-state index in [1.807, 2.05) is 31.2 Å². The lowest BCUT2D eigenvalue weighted by molar-refractivity contribution is 0.102. The van der Waals surface area contributed by atoms with Crippen LogP contribution in [0.4, 0.5) is 11.4 Å². The van der Waals surface area contributed by atoms with E-state index in [1.165, 1.54) is 0 Å². The average Bonchev–Trinajstić information content (AvgIpc) is 2.49. The largest absolute Gasteiger partial charge is 0.398 e. The molecule has 0 aliphatic rings. The molecule has 2 aromatic rings. The SMILES string of the molecule is CCOCc1ccccc1NC(=O)c1ccc(N)c(Br)c1. The van der Waals surface area contributed by atoms with E-state index in [9.17, 15) is 4.79 Å². The van der Waals surface area contributed by atoms with Gasteiger partial charge in [-0.25, -0.2) is 0 Å². The highest BCUT2D eigenvalue weighted by Gasteiger charge is 2.10. The molecule has 4 nitrogen and oxygen atoms in total. The number of nitrogens with one attached hydrogen (secondary N) is 1. The number of hydrogen-bond acceptors (Lipinski definition) is 3. The molecule has 3 N–H and O–H groups in total. The molecule has 0 aliphatic carbocycles. The van der Waals surface area contributed by atoms with Crippen LogP contribution in [0.15, 0.2) is 46.9 Å². The number of hydrogen-bond donors (Lipinski definition) is 2. The van der Waals surface area contributed by atoms with Gasteiger partial charge in [0.15, 0.2) is 0 Å². The van der Waals surface area contributed by atoms with E-state index >= 15 is 0 Å². The molecule has 0 aliphatic heterocycles. The van der Waals surface area contributed by atoms with Crippen LogP contribution in [0, 0.1) is 0 Å². The number of nitrogen functional groups attached to an aromatic ring is 1. The number of anilines is 2. The molecule has 110 valence electrons. The predicted octanol–water partition coefficient (Wildman–Crippen LogP) is 3.82. The molecule has 0 atom stereocenters. The Kier molecular flexibility index (Phi) is 5.36. The highest BCUT2D eigenvalue weighted by Crippen LogP contribution is 2.22. The standard InChI is InChI=1S/C16H17BrN2O2/c1-2-21-10-12-5-3-4-6-15(12)19-16(20)11-7-8-14(18)13(17)9-11/h3-9H,2,10,18H2,1H3,(H,19,20). The second-order valence-electron chi connectivity index (χ2n) is 4.48. The first-order chi connectivity index (χ1) is 10.1. The van der Waals surface area contributed by atoms with Gasteiger partial charge in [-0.15, -0.1) is 0 Å². The minimum Gasteiger partial charge on any atom is -0.398 e. The molecule has 0 radical (unpaired) electrons. The third kappa shape index (κ3) is 4.06. The van der Waals surface area contributed by atoms with Crippen LogP contribution in [-0.2, 0) is 11.3 Å². The van der Waals surface area contributed by atoms with Crippen molar-refractivity contribution in [2.45, 2.75) is 13.5 Å². The average molecular weight is 349 g/mol. The van der Waals surface area contributed by atoms with E-state index in [-0.39, 0.29) is 5.91 Å². The molecule has 0 bridgehead atoms. The van der Waals surface area contributed by atoms with Gasteiger partial charge in [0.25, 0.3) is 5.91 Å². The van der Waals surface area contributed by atoms with Crippen molar-refractivity contribution in [1.82, 2.24) is 0 Å². The maximum atomic E-state index is 12.3. The summed E-state index contributed by atoms with van der Waals surface area (Å²) in [5.41, 5.74) is 8.57. The van der Waals surface area contributed by atoms with E-state index in [4.69, 9.17) is 10.5 Å². The fourth-order valence-electron chi connectivity index (χ4n) is 1.84. The molecule has 0 unspecified atom stereocenters. The molecule has 0 fully saturated rings. The second kappa shape index (κ2) is 7.24. The fraction of sp³-hybridized carbons (Fsp3) is 0.188. The first-order valence-corrected chi connectivity index (χ1v) is 7.43. The Morgan fingerprint density at radius 2 is 2.05 bits per heavy atom. The number of halogens is 1. The van der Waals surface area contributed by atoms with Crippen LogP contribution in [0.1, 0.15) is 22.8 Å². The van der Waals surface area contributed by atoms with Gasteiger partial charge < -0.3 is 15.8 Å². The highest BCUT2D eigenvalue weighted by molar-refractivity contribution is 9.10. The summed E-state index contributed by atoms with van der Waals surface area (Å²) in [6, 6.07) is 12.7. The molecule has 0 saturated heterocycles. The lowest BCUT2D eigenvalue weighted by Gasteiger charge is -2.11. The first-order valence-electron chi connectivity index (χ1n) is 6.64. The van der Waals surface area contributed by atoms with Crippen molar-refractivity contribution in [2.75, 3.05) is 17.7 Å². The van der Waals surface area contributed by atoms with Gasteiger partial charge in [-0.2, -0.15) is 0 Å². The highest BCUT2D eigenvalue weighted by atomic mass is 79.9. The Balaban J connectivity index is 2.17. The summed E-state index contributed by atoms with van der Waals surface area (Å²) in [5, 5.41) is 2.90. The molecule has 0 heterocycles. The summed E-state index contributed by atoms with van der Waals surface area (Å²) >= 11 is 3.32. The Morgan fingerprint density at radius 1 is 1.29 bits per heavy atom. The topological polar surface area (TPSA) is 64.3 Å². The number of rotatable bonds is 5. The molecule has 0 saturated carbocycles. The zero-order chi connectivity index (χ0) is 15.2. The van der Waals surface area contributed by atoms with Crippen molar-refractivity contribution < 1.29 is 9.53 Å². The maximum absolute atomic E-state index is 12.3. The van der Waals surface area contributed by atoms with Crippen LogP contribution in [0.3, 0.4) is 0 Å². The number of carbonyl (C=O) groups is 1. The molecule has 1 amide bonds. The molecule has 0 aromatic heterocycles. The van der Waals surface area contributed by atoms with Crippen LogP contribution in [0.5, 0.6) is 0 Å². The van der Waals surface area contributed by atoms with Crippen LogP contribution >= 0.6 is 15.9 Å². The number of amides is 1. The van der Waals surface area contributed by atoms with Crippen molar-refractivity contribution in [3.63, 3.8) is 0 Å². The van der Waals surface area contributed by atoms with E-state index in [2.05, 4.69) is 21.2 Å². The third-order valence-electron chi connectivity index (χ3n) is 2.99. The normalized spacial score (nSPS) is 10.4. The quantitative estimate of drug-likeness (QED) is 0.807. The Morgan fingerprint density at radius 3 is 2.76 bits per heavy atom. The molecule has 2 aromatic carbocycles. The fourth-order valence-corrected chi connectivity index (χ4v) is 2.22. The summed E-state index contributed by atoms with van der Waals surface area (Å²) < 4.78 is 6.11. The van der Waals surface area contributed by atoms with Crippen LogP contribution in [0.25, 0.3) is 0 Å². The lowest BCUT2D eigenvalue weighted by Crippen LogP contribution is -2.13. The first kappa shape index (κ1) is 15.5. The van der Waals surface area contributed by atoms with Crippen molar-refractivity contribution >= 4 is 33.2 Å². The summed E-state index contributed by atoms with van der Waals surface area (Å²) in [5.74, 6) is -0.181. The van der Waals surface area contributed by atoms with Crippen LogP contribution < -0.4 is 11.1 Å². The molecular weight excluding hydrogens is 332 g/mol. The van der Waals surface area contributed by atoms with Gasteiger partial charge in [-0.3, -0.25) is 4.79 Å². The Labute approximate surface area is 132 Å². The summed E-state index contributed by atoms with van der Waals surface area (Å²) in [4.78, 5) is 12.3. The molecule has 2 rings (SSSR count). The number of carbonyl (C=O) groups excluding carboxylic acids is 1. The van der Waals surface area contributed by atoms with E-state index in [1.54, 1.807) is 18.2 Å². The predicted molar refractivity (Wildman–Crippen MR) is 88.3 cm³/mol. The van der Waals surface area contributed by atoms with Crippen LogP contribution in [0.2, 0.25) is 0 Å². The van der Waals surface area contributed by atoms with Gasteiger partial charge in [0.2, 0.25) is 0 Å². The number of para-hydroxylation sites is 1. The van der Waals surface area contributed by atoms with Gasteiger partial charge in [-0.1, -0.05) is 18.2 Å². The molecule has 21 heavy (non-hydrogen) atoms. The van der Waals surface area contributed by atoms with Crippen molar-refractivity contribution in [3.8, 4) is 0 Å². The number of benzene rings is 2. The summed E-state index contributed by atoms with van der Waals surface area (Å²) in [6.07, 6.45) is 0. The van der Waals surface area contributed by atoms with E-state index < -0.39 is 0 Å². The minimum absolute atomic E-state index is 0.181. The molecule has 0 spiro atoms. The second-order valence-corrected chi connectivity index (χ2v) is 5.34. The van der Waals surface area contributed by atoms with Gasteiger partial charge in [0.1, 0.15) is 0 Å². The molecule has 5 heteroatoms. The number of ether oxygens (including phenoxy) is 1. The maximum Gasteiger partial charge on any atom is 0.255 e. The number of nitrogens with two attached hydrogens (primary N) is 1. The summed E-state index contributed by atoms with van der Waals surface area (Å²) in [7, 11) is 0. The molecular formula is C16H17BrN2O2. The van der Waals surface area contributed by atoms with Crippen molar-refractivity contribution in [3.05, 3.63) is 58.1 Å². The van der Waals surface area contributed by atoms with E-state index in [0.717, 1.165) is 11.3 Å². The van der Waals surface area contributed by atoms with Crippen LogP contribution in [-0.4, -0.2) is 12.5 Å².